The predicted molar refractivity (Wildman–Crippen MR) is 110 cm³/mol. The van der Waals surface area contributed by atoms with E-state index in [2.05, 4.69) is 10.6 Å². The van der Waals surface area contributed by atoms with Gasteiger partial charge in [-0.1, -0.05) is 18.2 Å². The topological polar surface area (TPSA) is 95.6 Å². The van der Waals surface area contributed by atoms with Gasteiger partial charge in [-0.15, -0.1) is 0 Å². The second kappa shape index (κ2) is 9.36. The Morgan fingerprint density at radius 1 is 1.07 bits per heavy atom. The highest BCUT2D eigenvalue weighted by atomic mass is 32.2. The van der Waals surface area contributed by atoms with Crippen LogP contribution in [0.15, 0.2) is 53.4 Å². The largest absolute Gasteiger partial charge is 0.352 e. The van der Waals surface area contributed by atoms with Gasteiger partial charge in [-0.05, 0) is 43.2 Å². The molecule has 2 aromatic carbocycles. The molecule has 1 aliphatic heterocycles. The molecule has 3 rings (SSSR count). The van der Waals surface area contributed by atoms with Crippen LogP contribution in [0.4, 0.5) is 10.1 Å². The maximum atomic E-state index is 13.7. The molecule has 0 aliphatic carbocycles. The summed E-state index contributed by atoms with van der Waals surface area (Å²) in [7, 11) is -3.68. The molecule has 0 saturated carbocycles. The number of benzene rings is 2. The zero-order valence-corrected chi connectivity index (χ0v) is 17.4. The third-order valence-corrected chi connectivity index (χ3v) is 6.96. The van der Waals surface area contributed by atoms with E-state index < -0.39 is 10.0 Å². The zero-order chi connectivity index (χ0) is 21.7. The number of sulfonamides is 1. The van der Waals surface area contributed by atoms with Gasteiger partial charge in [-0.2, -0.15) is 4.31 Å². The molecule has 30 heavy (non-hydrogen) atoms. The molecule has 1 saturated heterocycles. The molecule has 9 heteroatoms. The number of rotatable bonds is 6. The van der Waals surface area contributed by atoms with Crippen LogP contribution in [0, 0.1) is 11.7 Å². The third kappa shape index (κ3) is 5.22. The van der Waals surface area contributed by atoms with E-state index in [0.29, 0.717) is 24.1 Å². The number of piperidine rings is 1. The van der Waals surface area contributed by atoms with E-state index in [1.807, 2.05) is 0 Å². The van der Waals surface area contributed by atoms with E-state index in [4.69, 9.17) is 0 Å². The molecule has 2 aromatic rings. The molecular weight excluding hydrogens is 409 g/mol. The molecule has 0 aromatic heterocycles. The minimum Gasteiger partial charge on any atom is -0.352 e. The molecule has 2 N–H and O–H groups in total. The normalized spacial score (nSPS) is 15.5. The molecule has 1 heterocycles. The highest BCUT2D eigenvalue weighted by Crippen LogP contribution is 2.25. The first-order valence-electron chi connectivity index (χ1n) is 9.66. The van der Waals surface area contributed by atoms with Gasteiger partial charge in [-0.25, -0.2) is 12.8 Å². The minimum atomic E-state index is -3.68. The maximum Gasteiger partial charge on any atom is 0.243 e. The Kier molecular flexibility index (Phi) is 6.84. The lowest BCUT2D eigenvalue weighted by Crippen LogP contribution is -2.42. The summed E-state index contributed by atoms with van der Waals surface area (Å²) in [5.74, 6) is -1.12. The number of amides is 2. The summed E-state index contributed by atoms with van der Waals surface area (Å²) in [6.07, 6.45) is 0.790. The van der Waals surface area contributed by atoms with Crippen LogP contribution >= 0.6 is 0 Å². The summed E-state index contributed by atoms with van der Waals surface area (Å²) in [6, 6.07) is 12.2. The number of carbonyl (C=O) groups is 2. The molecule has 0 atom stereocenters. The van der Waals surface area contributed by atoms with E-state index >= 15 is 0 Å². The standard InChI is InChI=1S/C21H24FN3O4S/c1-15(26)24-18-6-8-19(9-7-18)30(28,29)25-12-10-16(11-13-25)21(27)23-14-17-4-2-3-5-20(17)22/h2-9,16H,10-14H2,1H3,(H,23,27)(H,24,26). The molecule has 0 radical (unpaired) electrons. The van der Waals surface area contributed by atoms with E-state index in [1.54, 1.807) is 18.2 Å². The summed E-state index contributed by atoms with van der Waals surface area (Å²) >= 11 is 0. The average Bonchev–Trinajstić information content (AvgIpc) is 2.73. The van der Waals surface area contributed by atoms with Gasteiger partial charge in [0.15, 0.2) is 0 Å². The average molecular weight is 434 g/mol. The highest BCUT2D eigenvalue weighted by molar-refractivity contribution is 7.89. The number of hydrogen-bond acceptors (Lipinski definition) is 4. The van der Waals surface area contributed by atoms with Gasteiger partial charge in [-0.3, -0.25) is 9.59 Å². The van der Waals surface area contributed by atoms with Crippen molar-refractivity contribution < 1.29 is 22.4 Å². The molecule has 0 spiro atoms. The van der Waals surface area contributed by atoms with Crippen LogP contribution in [0.2, 0.25) is 0 Å². The third-order valence-electron chi connectivity index (χ3n) is 5.05. The van der Waals surface area contributed by atoms with E-state index in [9.17, 15) is 22.4 Å². The van der Waals surface area contributed by atoms with Crippen molar-refractivity contribution in [1.29, 1.82) is 0 Å². The quantitative estimate of drug-likeness (QED) is 0.732. The number of halogens is 1. The number of carbonyl (C=O) groups excluding carboxylic acids is 2. The highest BCUT2D eigenvalue weighted by Gasteiger charge is 2.32. The molecule has 1 fully saturated rings. The van der Waals surface area contributed by atoms with Crippen molar-refractivity contribution in [2.24, 2.45) is 5.92 Å². The first-order chi connectivity index (χ1) is 14.3. The summed E-state index contributed by atoms with van der Waals surface area (Å²) in [5, 5.41) is 5.33. The van der Waals surface area contributed by atoms with Crippen molar-refractivity contribution in [3.05, 3.63) is 59.9 Å². The first kappa shape index (κ1) is 21.9. The monoisotopic (exact) mass is 433 g/mol. The summed E-state index contributed by atoms with van der Waals surface area (Å²) in [4.78, 5) is 23.6. The number of hydrogen-bond donors (Lipinski definition) is 2. The van der Waals surface area contributed by atoms with Gasteiger partial charge in [0.25, 0.3) is 0 Å². The summed E-state index contributed by atoms with van der Waals surface area (Å²) in [6.45, 7) is 1.94. The first-order valence-corrected chi connectivity index (χ1v) is 11.1. The van der Waals surface area contributed by atoms with Gasteiger partial charge in [0.1, 0.15) is 5.82 Å². The maximum absolute atomic E-state index is 13.7. The van der Waals surface area contributed by atoms with E-state index in [0.717, 1.165) is 0 Å². The van der Waals surface area contributed by atoms with Gasteiger partial charge in [0, 0.05) is 43.7 Å². The van der Waals surface area contributed by atoms with Crippen LogP contribution < -0.4 is 10.6 Å². The molecule has 1 aliphatic rings. The second-order valence-corrected chi connectivity index (χ2v) is 9.13. The molecule has 2 amide bonds. The summed E-state index contributed by atoms with van der Waals surface area (Å²) < 4.78 is 40.7. The predicted octanol–water partition coefficient (Wildman–Crippen LogP) is 2.50. The Morgan fingerprint density at radius 3 is 2.30 bits per heavy atom. The fourth-order valence-electron chi connectivity index (χ4n) is 3.39. The van der Waals surface area contributed by atoms with Crippen LogP contribution in [0.5, 0.6) is 0 Å². The lowest BCUT2D eigenvalue weighted by molar-refractivity contribution is -0.126. The smallest absolute Gasteiger partial charge is 0.243 e. The Hall–Kier alpha value is -2.78. The number of anilines is 1. The van der Waals surface area contributed by atoms with Crippen molar-refractivity contribution in [2.45, 2.75) is 31.2 Å². The van der Waals surface area contributed by atoms with Gasteiger partial charge in [0.05, 0.1) is 4.90 Å². The Balaban J connectivity index is 1.55. The Morgan fingerprint density at radius 2 is 1.70 bits per heavy atom. The molecular formula is C21H24FN3O4S. The number of nitrogens with one attached hydrogen (secondary N) is 2. The molecule has 160 valence electrons. The zero-order valence-electron chi connectivity index (χ0n) is 16.6. The molecule has 7 nitrogen and oxygen atoms in total. The van der Waals surface area contributed by atoms with Gasteiger partial charge < -0.3 is 10.6 Å². The van der Waals surface area contributed by atoms with Crippen molar-refractivity contribution >= 4 is 27.5 Å². The van der Waals surface area contributed by atoms with Crippen LogP contribution in [-0.4, -0.2) is 37.6 Å². The summed E-state index contributed by atoms with van der Waals surface area (Å²) in [5.41, 5.74) is 0.931. The fourth-order valence-corrected chi connectivity index (χ4v) is 4.86. The lowest BCUT2D eigenvalue weighted by atomic mass is 9.97. The van der Waals surface area contributed by atoms with Gasteiger partial charge in [0.2, 0.25) is 21.8 Å². The Labute approximate surface area is 175 Å². The number of nitrogens with zero attached hydrogens (tertiary/aromatic N) is 1. The van der Waals surface area contributed by atoms with E-state index in [-0.39, 0.29) is 48.1 Å². The van der Waals surface area contributed by atoms with Gasteiger partial charge >= 0.3 is 0 Å². The SMILES string of the molecule is CC(=O)Nc1ccc(S(=O)(=O)N2CCC(C(=O)NCc3ccccc3F)CC2)cc1. The molecule has 0 unspecified atom stereocenters. The van der Waals surface area contributed by atoms with Crippen molar-refractivity contribution in [2.75, 3.05) is 18.4 Å². The van der Waals surface area contributed by atoms with Crippen LogP contribution in [0.25, 0.3) is 0 Å². The van der Waals surface area contributed by atoms with Crippen LogP contribution in [0.3, 0.4) is 0 Å². The molecule has 0 bridgehead atoms. The van der Waals surface area contributed by atoms with Crippen LogP contribution in [0.1, 0.15) is 25.3 Å². The second-order valence-electron chi connectivity index (χ2n) is 7.19. The van der Waals surface area contributed by atoms with Crippen molar-refractivity contribution in [1.82, 2.24) is 9.62 Å². The lowest BCUT2D eigenvalue weighted by Gasteiger charge is -2.30. The fraction of sp³-hybridized carbons (Fsp3) is 0.333. The van der Waals surface area contributed by atoms with E-state index in [1.165, 1.54) is 41.6 Å². The minimum absolute atomic E-state index is 0.102. The van der Waals surface area contributed by atoms with Crippen molar-refractivity contribution in [3.8, 4) is 0 Å². The van der Waals surface area contributed by atoms with Crippen molar-refractivity contribution in [3.63, 3.8) is 0 Å². The van der Waals surface area contributed by atoms with Crippen LogP contribution in [-0.2, 0) is 26.2 Å². The Bertz CT molecular complexity index is 1020.